The maximum atomic E-state index is 12.1. The second kappa shape index (κ2) is 5.73. The predicted octanol–water partition coefficient (Wildman–Crippen LogP) is -0.103. The molecule has 1 aliphatic rings. The summed E-state index contributed by atoms with van der Waals surface area (Å²) in [7, 11) is 1.52. The first-order valence-corrected chi connectivity index (χ1v) is 6.43. The summed E-state index contributed by atoms with van der Waals surface area (Å²) in [6.07, 6.45) is 4.92. The van der Waals surface area contributed by atoms with Crippen molar-refractivity contribution in [3.05, 3.63) is 24.5 Å². The topological polar surface area (TPSA) is 106 Å². The van der Waals surface area contributed by atoms with Gasteiger partial charge >= 0.3 is 0 Å². The molecule has 110 valence electrons. The Hall–Kier alpha value is -2.71. The molecule has 2 aromatic heterocycles. The number of ether oxygens (including phenoxy) is 2. The molecule has 0 saturated carbocycles. The molecule has 9 nitrogen and oxygen atoms in total. The second-order valence-corrected chi connectivity index (χ2v) is 4.51. The van der Waals surface area contributed by atoms with E-state index in [1.807, 2.05) is 0 Å². The molecule has 2 aromatic rings. The van der Waals surface area contributed by atoms with Gasteiger partial charge in [-0.2, -0.15) is 10.1 Å². The molecule has 1 unspecified atom stereocenters. The Labute approximate surface area is 120 Å². The van der Waals surface area contributed by atoms with Gasteiger partial charge in [0.15, 0.2) is 0 Å². The van der Waals surface area contributed by atoms with Gasteiger partial charge in [0.1, 0.15) is 12.4 Å². The Bertz CT molecular complexity index is 617. The van der Waals surface area contributed by atoms with Gasteiger partial charge in [-0.15, -0.1) is 0 Å². The van der Waals surface area contributed by atoms with Crippen LogP contribution in [0.4, 0.5) is 0 Å². The molecule has 9 heteroatoms. The quantitative estimate of drug-likeness (QED) is 0.837. The zero-order valence-electron chi connectivity index (χ0n) is 11.4. The number of aromatic amines is 1. The molecular formula is C12H14N6O3. The van der Waals surface area contributed by atoms with Crippen LogP contribution in [0.2, 0.25) is 0 Å². The minimum atomic E-state index is -0.185. The Morgan fingerprint density at radius 1 is 1.43 bits per heavy atom. The Morgan fingerprint density at radius 2 is 2.29 bits per heavy atom. The minimum Gasteiger partial charge on any atom is -0.480 e. The van der Waals surface area contributed by atoms with Gasteiger partial charge in [-0.3, -0.25) is 14.9 Å². The molecule has 21 heavy (non-hydrogen) atoms. The van der Waals surface area contributed by atoms with Crippen molar-refractivity contribution in [3.8, 4) is 11.8 Å². The van der Waals surface area contributed by atoms with Gasteiger partial charge in [0.2, 0.25) is 17.6 Å². The third kappa shape index (κ3) is 2.91. The van der Waals surface area contributed by atoms with Crippen LogP contribution in [0.25, 0.3) is 0 Å². The highest BCUT2D eigenvalue weighted by atomic mass is 16.5. The van der Waals surface area contributed by atoms with Crippen LogP contribution in [-0.2, 0) is 0 Å². The summed E-state index contributed by atoms with van der Waals surface area (Å²) in [5.41, 5.74) is 0. The normalized spacial score (nSPS) is 17.8. The number of rotatable bonds is 4. The summed E-state index contributed by atoms with van der Waals surface area (Å²) in [6.45, 7) is 1.07. The van der Waals surface area contributed by atoms with Crippen molar-refractivity contribution >= 4 is 5.91 Å². The van der Waals surface area contributed by atoms with Crippen LogP contribution in [0.3, 0.4) is 0 Å². The highest BCUT2D eigenvalue weighted by molar-refractivity contribution is 5.90. The van der Waals surface area contributed by atoms with E-state index >= 15 is 0 Å². The number of aromatic nitrogens is 5. The van der Waals surface area contributed by atoms with E-state index in [9.17, 15) is 4.79 Å². The van der Waals surface area contributed by atoms with Crippen LogP contribution in [0, 0.1) is 0 Å². The number of likely N-dealkylation sites (tertiary alicyclic amines) is 1. The highest BCUT2D eigenvalue weighted by Crippen LogP contribution is 2.18. The maximum absolute atomic E-state index is 12.1. The van der Waals surface area contributed by atoms with Crippen molar-refractivity contribution in [1.29, 1.82) is 0 Å². The van der Waals surface area contributed by atoms with E-state index in [0.29, 0.717) is 24.8 Å². The van der Waals surface area contributed by atoms with E-state index in [0.717, 1.165) is 6.42 Å². The Balaban J connectivity index is 1.60. The molecule has 0 radical (unpaired) electrons. The number of hydrogen-bond acceptors (Lipinski definition) is 7. The number of carbonyl (C=O) groups is 1. The maximum Gasteiger partial charge on any atom is 0.291 e. The molecule has 0 aromatic carbocycles. The smallest absolute Gasteiger partial charge is 0.291 e. The van der Waals surface area contributed by atoms with Crippen LogP contribution >= 0.6 is 0 Å². The third-order valence-electron chi connectivity index (χ3n) is 3.14. The van der Waals surface area contributed by atoms with Gasteiger partial charge in [-0.25, -0.2) is 4.98 Å². The number of amides is 1. The van der Waals surface area contributed by atoms with Gasteiger partial charge < -0.3 is 14.4 Å². The SMILES string of the molecule is COc1cncc(OC2CCN(C(=O)c3ncn[nH]3)C2)n1. The van der Waals surface area contributed by atoms with E-state index in [4.69, 9.17) is 9.47 Å². The molecule has 0 aliphatic carbocycles. The number of nitrogens with one attached hydrogen (secondary N) is 1. The van der Waals surface area contributed by atoms with Crippen LogP contribution < -0.4 is 9.47 Å². The molecule has 1 N–H and O–H groups in total. The molecule has 3 rings (SSSR count). The monoisotopic (exact) mass is 290 g/mol. The summed E-state index contributed by atoms with van der Waals surface area (Å²) >= 11 is 0. The van der Waals surface area contributed by atoms with Gasteiger partial charge in [-0.05, 0) is 0 Å². The van der Waals surface area contributed by atoms with Crippen LogP contribution in [0.5, 0.6) is 11.8 Å². The molecule has 0 spiro atoms. The van der Waals surface area contributed by atoms with Crippen molar-refractivity contribution in [2.45, 2.75) is 12.5 Å². The van der Waals surface area contributed by atoms with E-state index in [-0.39, 0.29) is 17.8 Å². The number of hydrogen-bond donors (Lipinski definition) is 1. The summed E-state index contributed by atoms with van der Waals surface area (Å²) in [4.78, 5) is 25.7. The highest BCUT2D eigenvalue weighted by Gasteiger charge is 2.29. The van der Waals surface area contributed by atoms with E-state index in [2.05, 4.69) is 25.1 Å². The van der Waals surface area contributed by atoms with Gasteiger partial charge in [0, 0.05) is 13.0 Å². The van der Waals surface area contributed by atoms with Crippen LogP contribution in [0.1, 0.15) is 17.0 Å². The average Bonchev–Trinajstić information content (AvgIpc) is 3.18. The first-order chi connectivity index (χ1) is 10.3. The predicted molar refractivity (Wildman–Crippen MR) is 69.9 cm³/mol. The van der Waals surface area contributed by atoms with Crippen LogP contribution in [0.15, 0.2) is 18.7 Å². The molecular weight excluding hydrogens is 276 g/mol. The number of H-pyrrole nitrogens is 1. The minimum absolute atomic E-state index is 0.127. The molecule has 3 heterocycles. The number of carbonyl (C=O) groups excluding carboxylic acids is 1. The molecule has 0 bridgehead atoms. The lowest BCUT2D eigenvalue weighted by Gasteiger charge is -2.15. The summed E-state index contributed by atoms with van der Waals surface area (Å²) in [5, 5.41) is 6.23. The third-order valence-corrected chi connectivity index (χ3v) is 3.14. The van der Waals surface area contributed by atoms with Gasteiger partial charge in [0.25, 0.3) is 5.91 Å². The number of methoxy groups -OCH3 is 1. The van der Waals surface area contributed by atoms with E-state index in [1.54, 1.807) is 4.90 Å². The van der Waals surface area contributed by atoms with Crippen molar-refractivity contribution in [2.24, 2.45) is 0 Å². The largest absolute Gasteiger partial charge is 0.480 e. The lowest BCUT2D eigenvalue weighted by molar-refractivity contribution is 0.0759. The van der Waals surface area contributed by atoms with Crippen molar-refractivity contribution < 1.29 is 14.3 Å². The van der Waals surface area contributed by atoms with Gasteiger partial charge in [0.05, 0.1) is 26.0 Å². The van der Waals surface area contributed by atoms with Gasteiger partial charge in [-0.1, -0.05) is 0 Å². The fourth-order valence-electron chi connectivity index (χ4n) is 2.12. The molecule has 1 aliphatic heterocycles. The Morgan fingerprint density at radius 3 is 3.05 bits per heavy atom. The second-order valence-electron chi connectivity index (χ2n) is 4.51. The summed E-state index contributed by atoms with van der Waals surface area (Å²) in [6, 6.07) is 0. The first kappa shape index (κ1) is 13.3. The van der Waals surface area contributed by atoms with Crippen molar-refractivity contribution in [3.63, 3.8) is 0 Å². The molecule has 1 saturated heterocycles. The van der Waals surface area contributed by atoms with Crippen molar-refractivity contribution in [1.82, 2.24) is 30.0 Å². The fourth-order valence-corrected chi connectivity index (χ4v) is 2.12. The molecule has 1 amide bonds. The molecule has 1 atom stereocenters. The zero-order valence-corrected chi connectivity index (χ0v) is 11.4. The summed E-state index contributed by atoms with van der Waals surface area (Å²) in [5.74, 6) is 0.820. The average molecular weight is 290 g/mol. The molecule has 1 fully saturated rings. The summed E-state index contributed by atoms with van der Waals surface area (Å²) < 4.78 is 10.7. The zero-order chi connectivity index (χ0) is 14.7. The van der Waals surface area contributed by atoms with E-state index in [1.165, 1.54) is 25.8 Å². The lowest BCUT2D eigenvalue weighted by Crippen LogP contribution is -2.31. The number of nitrogens with zero attached hydrogens (tertiary/aromatic N) is 5. The first-order valence-electron chi connectivity index (χ1n) is 6.43. The van der Waals surface area contributed by atoms with Crippen LogP contribution in [-0.4, -0.2) is 62.3 Å². The Kier molecular flexibility index (Phi) is 3.63. The van der Waals surface area contributed by atoms with E-state index < -0.39 is 0 Å². The standard InChI is InChI=1S/C12H14N6O3/c1-20-9-4-13-5-10(16-9)21-8-2-3-18(6-8)12(19)11-14-7-15-17-11/h4-5,7-8H,2-3,6H2,1H3,(H,14,15,17). The lowest BCUT2D eigenvalue weighted by atomic mass is 10.3. The fraction of sp³-hybridized carbons (Fsp3) is 0.417. The van der Waals surface area contributed by atoms with Crippen molar-refractivity contribution in [2.75, 3.05) is 20.2 Å².